The smallest absolute Gasteiger partial charge is 0.364 e. The second-order valence-electron chi connectivity index (χ2n) is 7.65. The number of aromatic hydroxyl groups is 1. The number of phenols is 1. The van der Waals surface area contributed by atoms with Gasteiger partial charge in [0.15, 0.2) is 5.75 Å². The molecular formula is C21H23Br2NO7P+. The van der Waals surface area contributed by atoms with Crippen molar-refractivity contribution in [3.05, 3.63) is 50.4 Å². The molecule has 2 aromatic rings. The summed E-state index contributed by atoms with van der Waals surface area (Å²) in [6, 6.07) is 6.62. The quantitative estimate of drug-likeness (QED) is 0.297. The maximum atomic E-state index is 12.7. The van der Waals surface area contributed by atoms with Crippen LogP contribution in [0.2, 0.25) is 0 Å². The Kier molecular flexibility index (Phi) is 8.82. The van der Waals surface area contributed by atoms with Crippen LogP contribution >= 0.6 is 40.3 Å². The van der Waals surface area contributed by atoms with Crippen molar-refractivity contribution in [3.8, 4) is 17.2 Å². The molecule has 3 unspecified atom stereocenters. The number of carbonyl (C=O) groups is 2. The van der Waals surface area contributed by atoms with E-state index in [4.69, 9.17) is 9.84 Å². The fourth-order valence-electron chi connectivity index (χ4n) is 2.76. The highest BCUT2D eigenvalue weighted by Gasteiger charge is 2.33. The summed E-state index contributed by atoms with van der Waals surface area (Å²) < 4.78 is 18.1. The molecule has 0 bridgehead atoms. The van der Waals surface area contributed by atoms with Gasteiger partial charge in [-0.1, -0.05) is 18.4 Å². The Bertz CT molecular complexity index is 1020. The molecule has 11 heteroatoms. The molecule has 4 N–H and O–H groups in total. The fraction of sp³-hybridized carbons (Fsp3) is 0.333. The minimum atomic E-state index is -1.53. The molecular weight excluding hydrogens is 569 g/mol. The molecule has 2 rings (SSSR count). The van der Waals surface area contributed by atoms with Crippen LogP contribution in [-0.4, -0.2) is 33.2 Å². The molecule has 0 heterocycles. The van der Waals surface area contributed by atoms with Gasteiger partial charge in [-0.3, -0.25) is 9.59 Å². The Hall–Kier alpha value is -2.00. The van der Waals surface area contributed by atoms with Gasteiger partial charge < -0.3 is 25.4 Å². The normalized spacial score (nSPS) is 14.1. The summed E-state index contributed by atoms with van der Waals surface area (Å²) in [4.78, 5) is 23.8. The van der Waals surface area contributed by atoms with E-state index in [-0.39, 0.29) is 29.4 Å². The zero-order chi connectivity index (χ0) is 24.2. The zero-order valence-electron chi connectivity index (χ0n) is 17.5. The highest BCUT2D eigenvalue weighted by Crippen LogP contribution is 2.42. The predicted octanol–water partition coefficient (Wildman–Crippen LogP) is 5.13. The summed E-state index contributed by atoms with van der Waals surface area (Å²) in [7, 11) is -0.973. The highest BCUT2D eigenvalue weighted by atomic mass is 79.9. The monoisotopic (exact) mass is 590 g/mol. The van der Waals surface area contributed by atoms with Gasteiger partial charge in [-0.25, -0.2) is 0 Å². The lowest BCUT2D eigenvalue weighted by Crippen LogP contribution is -2.40. The summed E-state index contributed by atoms with van der Waals surface area (Å²) >= 11 is 6.72. The number of rotatable bonds is 9. The number of hydrogen-bond acceptors (Lipinski definition) is 6. The van der Waals surface area contributed by atoms with Gasteiger partial charge in [0, 0.05) is 18.5 Å². The van der Waals surface area contributed by atoms with E-state index in [2.05, 4.69) is 37.2 Å². The SMILES string of the molecule is CC(C)C(CC(=O)O)NC(=O)c1cc(Oc2c(Br)cc(C(C)(O)[PH+]=O)cc2Br)ccc1O. The van der Waals surface area contributed by atoms with Gasteiger partial charge in [0.25, 0.3) is 11.2 Å². The first-order valence-electron chi connectivity index (χ1n) is 9.50. The number of carboxylic acid groups (broad SMARTS) is 1. The van der Waals surface area contributed by atoms with Crippen molar-refractivity contribution >= 4 is 52.2 Å². The van der Waals surface area contributed by atoms with Crippen molar-refractivity contribution in [1.82, 2.24) is 5.32 Å². The van der Waals surface area contributed by atoms with Crippen molar-refractivity contribution in [2.75, 3.05) is 0 Å². The van der Waals surface area contributed by atoms with Gasteiger partial charge in [-0.05, 0) is 68.1 Å². The summed E-state index contributed by atoms with van der Waals surface area (Å²) in [6.07, 6.45) is -0.250. The van der Waals surface area contributed by atoms with Gasteiger partial charge in [-0.2, -0.15) is 0 Å². The molecule has 32 heavy (non-hydrogen) atoms. The van der Waals surface area contributed by atoms with Crippen molar-refractivity contribution < 1.29 is 34.2 Å². The van der Waals surface area contributed by atoms with Crippen LogP contribution in [0.3, 0.4) is 0 Å². The van der Waals surface area contributed by atoms with Crippen molar-refractivity contribution in [2.24, 2.45) is 5.92 Å². The van der Waals surface area contributed by atoms with Gasteiger partial charge in [0.2, 0.25) is 0 Å². The predicted molar refractivity (Wildman–Crippen MR) is 127 cm³/mol. The molecule has 0 spiro atoms. The minimum absolute atomic E-state index is 0.0714. The number of phenolic OH excluding ortho intramolecular Hbond substituents is 1. The van der Waals surface area contributed by atoms with Crippen molar-refractivity contribution in [2.45, 2.75) is 38.6 Å². The van der Waals surface area contributed by atoms with Crippen LogP contribution in [0, 0.1) is 5.92 Å². The van der Waals surface area contributed by atoms with E-state index in [0.29, 0.717) is 20.3 Å². The molecule has 0 radical (unpaired) electrons. The Morgan fingerprint density at radius 2 is 1.78 bits per heavy atom. The van der Waals surface area contributed by atoms with E-state index in [9.17, 15) is 24.4 Å². The first-order valence-corrected chi connectivity index (χ1v) is 12.0. The second kappa shape index (κ2) is 10.7. The topological polar surface area (TPSA) is 133 Å². The summed E-state index contributed by atoms with van der Waals surface area (Å²) in [6.45, 7) is 5.00. The Balaban J connectivity index is 2.33. The van der Waals surface area contributed by atoms with E-state index in [0.717, 1.165) is 0 Å². The largest absolute Gasteiger partial charge is 0.507 e. The number of hydrogen-bond donors (Lipinski definition) is 4. The average molecular weight is 592 g/mol. The number of carbonyl (C=O) groups excluding carboxylic acids is 1. The number of carboxylic acids is 1. The number of benzene rings is 2. The van der Waals surface area contributed by atoms with Crippen LogP contribution in [0.1, 0.15) is 43.1 Å². The third-order valence-corrected chi connectivity index (χ3v) is 6.57. The lowest BCUT2D eigenvalue weighted by Gasteiger charge is -2.21. The van der Waals surface area contributed by atoms with Gasteiger partial charge >= 0.3 is 14.4 Å². The standard InChI is InChI=1S/C21H22Br2NO7P/c1-10(2)16(9-18(26)27)24-20(28)13-8-12(4-5-17(13)25)31-19-14(22)6-11(7-15(19)23)21(3,29)32-30/h4-8,10,16,25,29H,9H2,1-3H3,(H,24,28)(H,26,27)/p+1. The first kappa shape index (κ1) is 26.3. The molecule has 0 aromatic heterocycles. The molecule has 3 atom stereocenters. The van der Waals surface area contributed by atoms with E-state index >= 15 is 0 Å². The van der Waals surface area contributed by atoms with Gasteiger partial charge in [0.1, 0.15) is 11.5 Å². The lowest BCUT2D eigenvalue weighted by molar-refractivity contribution is -0.137. The second-order valence-corrected chi connectivity index (χ2v) is 10.5. The third kappa shape index (κ3) is 6.51. The van der Waals surface area contributed by atoms with Crippen LogP contribution in [-0.2, 0) is 14.7 Å². The number of nitrogens with one attached hydrogen (secondary N) is 1. The summed E-state index contributed by atoms with van der Waals surface area (Å²) in [5.41, 5.74) is 0.332. The van der Waals surface area contributed by atoms with Crippen molar-refractivity contribution in [3.63, 3.8) is 0 Å². The van der Waals surface area contributed by atoms with Gasteiger partial charge in [-0.15, -0.1) is 0 Å². The van der Waals surface area contributed by atoms with E-state index in [1.807, 2.05) is 0 Å². The molecule has 0 fully saturated rings. The molecule has 2 aromatic carbocycles. The molecule has 172 valence electrons. The maximum absolute atomic E-state index is 12.7. The molecule has 1 amide bonds. The van der Waals surface area contributed by atoms with Crippen LogP contribution < -0.4 is 10.1 Å². The molecule has 0 aliphatic heterocycles. The van der Waals surface area contributed by atoms with E-state index in [1.54, 1.807) is 26.0 Å². The summed E-state index contributed by atoms with van der Waals surface area (Å²) in [5.74, 6) is -1.52. The Morgan fingerprint density at radius 3 is 2.28 bits per heavy atom. The molecule has 0 aliphatic carbocycles. The van der Waals surface area contributed by atoms with Crippen LogP contribution in [0.15, 0.2) is 39.3 Å². The van der Waals surface area contributed by atoms with Gasteiger partial charge in [0.05, 0.1) is 20.9 Å². The minimum Gasteiger partial charge on any atom is -0.507 e. The van der Waals surface area contributed by atoms with Crippen LogP contribution in [0.5, 0.6) is 17.2 Å². The fourth-order valence-corrected chi connectivity index (χ4v) is 4.37. The number of aliphatic hydroxyl groups is 1. The maximum Gasteiger partial charge on any atom is 0.364 e. The van der Waals surface area contributed by atoms with E-state index < -0.39 is 31.7 Å². The molecule has 0 saturated carbocycles. The molecule has 8 nitrogen and oxygen atoms in total. The molecule has 0 saturated heterocycles. The summed E-state index contributed by atoms with van der Waals surface area (Å²) in [5, 5.41) is 30.5. The first-order chi connectivity index (χ1) is 14.9. The number of ether oxygens (including phenoxy) is 1. The number of halogens is 2. The molecule has 0 aliphatic rings. The number of amides is 1. The van der Waals surface area contributed by atoms with Crippen LogP contribution in [0.25, 0.3) is 0 Å². The Labute approximate surface area is 203 Å². The third-order valence-electron chi connectivity index (χ3n) is 4.71. The lowest BCUT2D eigenvalue weighted by atomic mass is 10.0. The van der Waals surface area contributed by atoms with E-state index in [1.165, 1.54) is 25.1 Å². The van der Waals surface area contributed by atoms with Crippen LogP contribution in [0.4, 0.5) is 0 Å². The number of aliphatic carboxylic acids is 1. The zero-order valence-corrected chi connectivity index (χ0v) is 21.7. The average Bonchev–Trinajstić information content (AvgIpc) is 2.70. The highest BCUT2D eigenvalue weighted by molar-refractivity contribution is 9.11. The Morgan fingerprint density at radius 1 is 1.19 bits per heavy atom. The van der Waals surface area contributed by atoms with Crippen molar-refractivity contribution in [1.29, 1.82) is 0 Å².